The predicted octanol–water partition coefficient (Wildman–Crippen LogP) is 0.924. The van der Waals surface area contributed by atoms with Crippen LogP contribution in [0.2, 0.25) is 0 Å². The van der Waals surface area contributed by atoms with E-state index in [0.717, 1.165) is 0 Å². The van der Waals surface area contributed by atoms with Crippen molar-refractivity contribution in [3.63, 3.8) is 0 Å². The molecule has 1 aliphatic rings. The summed E-state index contributed by atoms with van der Waals surface area (Å²) in [5, 5.41) is 0. The molecule has 0 unspecified atom stereocenters. The van der Waals surface area contributed by atoms with Crippen molar-refractivity contribution in [3.05, 3.63) is 12.5 Å². The van der Waals surface area contributed by atoms with Gasteiger partial charge in [-0.1, -0.05) is 0 Å². The van der Waals surface area contributed by atoms with Crippen LogP contribution in [0, 0.1) is 0 Å². The minimum atomic E-state index is -10.7. The standard InChI is InChI=1S/C8H14O4.F6P.Li/c1-2-10-5-6-12-8-7-11-4-3-9-1;1-7(2,3,4,5)6;/h1-2H,3-8H2;;/q;-1;+1. The predicted molar refractivity (Wildman–Crippen MR) is 56.3 cm³/mol. The van der Waals surface area contributed by atoms with Gasteiger partial charge < -0.3 is 18.9 Å². The average Bonchev–Trinajstić information content (AvgIpc) is 2.13. The first kappa shape index (κ1) is 22.2. The van der Waals surface area contributed by atoms with Gasteiger partial charge in [0.2, 0.25) is 0 Å². The van der Waals surface area contributed by atoms with Crippen LogP contribution in [0.5, 0.6) is 0 Å². The minimum absolute atomic E-state index is 0. The molecule has 1 aliphatic heterocycles. The van der Waals surface area contributed by atoms with Crippen molar-refractivity contribution < 1.29 is 63.0 Å². The molecule has 0 aromatic heterocycles. The zero-order chi connectivity index (χ0) is 14.9. The van der Waals surface area contributed by atoms with E-state index in [-0.39, 0.29) is 18.9 Å². The second-order valence-corrected chi connectivity index (χ2v) is 5.11. The molecule has 0 atom stereocenters. The van der Waals surface area contributed by atoms with Crippen LogP contribution in [-0.4, -0.2) is 39.6 Å². The van der Waals surface area contributed by atoms with Crippen LogP contribution in [0.4, 0.5) is 25.2 Å². The first-order chi connectivity index (χ1) is 8.45. The summed E-state index contributed by atoms with van der Waals surface area (Å²) in [6.45, 7) is 3.53. The molecule has 0 saturated heterocycles. The first-order valence-corrected chi connectivity index (χ1v) is 7.08. The molecule has 0 bridgehead atoms. The zero-order valence-electron chi connectivity index (χ0n) is 10.7. The van der Waals surface area contributed by atoms with Crippen molar-refractivity contribution in [1.82, 2.24) is 0 Å². The van der Waals surface area contributed by atoms with E-state index in [9.17, 15) is 25.2 Å². The van der Waals surface area contributed by atoms with Gasteiger partial charge in [0, 0.05) is 0 Å². The van der Waals surface area contributed by atoms with Gasteiger partial charge in [0.05, 0.1) is 26.4 Å². The van der Waals surface area contributed by atoms with Crippen molar-refractivity contribution in [2.75, 3.05) is 39.6 Å². The topological polar surface area (TPSA) is 36.9 Å². The van der Waals surface area contributed by atoms with Gasteiger partial charge in [-0.05, 0) is 0 Å². The summed E-state index contributed by atoms with van der Waals surface area (Å²) in [5.41, 5.74) is 0. The van der Waals surface area contributed by atoms with Gasteiger partial charge in [0.15, 0.2) is 0 Å². The molecule has 4 nitrogen and oxygen atoms in total. The van der Waals surface area contributed by atoms with Gasteiger partial charge >= 0.3 is 51.9 Å². The van der Waals surface area contributed by atoms with Crippen LogP contribution in [0.3, 0.4) is 0 Å². The van der Waals surface area contributed by atoms with Crippen LogP contribution in [0.15, 0.2) is 12.5 Å². The van der Waals surface area contributed by atoms with E-state index in [0.29, 0.717) is 39.6 Å². The Bertz CT molecular complexity index is 257. The molecule has 0 aromatic carbocycles. The molecule has 20 heavy (non-hydrogen) atoms. The van der Waals surface area contributed by atoms with E-state index >= 15 is 0 Å². The Morgan fingerprint density at radius 1 is 0.600 bits per heavy atom. The van der Waals surface area contributed by atoms with Gasteiger partial charge in [-0.15, -0.1) is 0 Å². The van der Waals surface area contributed by atoms with Crippen LogP contribution in [0.1, 0.15) is 0 Å². The van der Waals surface area contributed by atoms with Crippen molar-refractivity contribution in [2.45, 2.75) is 0 Å². The van der Waals surface area contributed by atoms with Crippen LogP contribution in [-0.2, 0) is 18.9 Å². The Morgan fingerprint density at radius 3 is 1.15 bits per heavy atom. The normalized spacial score (nSPS) is 20.9. The molecule has 0 fully saturated rings. The van der Waals surface area contributed by atoms with E-state index < -0.39 is 7.81 Å². The fourth-order valence-electron chi connectivity index (χ4n) is 0.751. The first-order valence-electron chi connectivity index (χ1n) is 5.05. The third-order valence-electron chi connectivity index (χ3n) is 1.31. The molecule has 0 aromatic rings. The summed E-state index contributed by atoms with van der Waals surface area (Å²) < 4.78 is 79.6. The van der Waals surface area contributed by atoms with E-state index in [1.807, 2.05) is 0 Å². The third-order valence-corrected chi connectivity index (χ3v) is 1.31. The molecular formula is C8H14F6LiO4P. The van der Waals surface area contributed by atoms with Crippen molar-refractivity contribution in [3.8, 4) is 0 Å². The maximum atomic E-state index is 9.87. The molecule has 1 heterocycles. The number of rotatable bonds is 0. The van der Waals surface area contributed by atoms with E-state index in [1.165, 1.54) is 12.5 Å². The van der Waals surface area contributed by atoms with Crippen LogP contribution in [0.25, 0.3) is 0 Å². The molecule has 0 N–H and O–H groups in total. The smallest absolute Gasteiger partial charge is 1.00 e. The quantitative estimate of drug-likeness (QED) is 0.377. The van der Waals surface area contributed by atoms with Gasteiger partial charge in [-0.3, -0.25) is 0 Å². The number of hydrogen-bond donors (Lipinski definition) is 0. The van der Waals surface area contributed by atoms with Crippen molar-refractivity contribution in [2.24, 2.45) is 0 Å². The molecule has 12 heteroatoms. The Morgan fingerprint density at radius 2 is 0.850 bits per heavy atom. The van der Waals surface area contributed by atoms with Crippen molar-refractivity contribution >= 4 is 7.81 Å². The minimum Gasteiger partial charge on any atom is 1.00 e. The summed E-state index contributed by atoms with van der Waals surface area (Å²) in [4.78, 5) is 0. The van der Waals surface area contributed by atoms with E-state index in [1.54, 1.807) is 0 Å². The molecule has 0 saturated carbocycles. The molecule has 0 aliphatic carbocycles. The summed E-state index contributed by atoms with van der Waals surface area (Å²) >= 11 is 0. The third kappa shape index (κ3) is 36.1. The second-order valence-electron chi connectivity index (χ2n) is 3.20. The summed E-state index contributed by atoms with van der Waals surface area (Å²) in [5.74, 6) is 0. The second kappa shape index (κ2) is 8.34. The monoisotopic (exact) mass is 326 g/mol. The van der Waals surface area contributed by atoms with Gasteiger partial charge in [-0.25, -0.2) is 0 Å². The Hall–Kier alpha value is -0.133. The molecule has 1 rings (SSSR count). The number of ether oxygens (including phenoxy) is 4. The summed E-state index contributed by atoms with van der Waals surface area (Å²) in [6.07, 6.45) is 3.04. The Balaban J connectivity index is 0. The SMILES string of the molecule is C1=COCCOCCOCCO1.F[P-](F)(F)(F)(F)F.[Li+]. The van der Waals surface area contributed by atoms with E-state index in [2.05, 4.69) is 0 Å². The maximum absolute atomic E-state index is 10.7. The molecule has 0 radical (unpaired) electrons. The molecule has 118 valence electrons. The Labute approximate surface area is 123 Å². The summed E-state index contributed by atoms with van der Waals surface area (Å²) in [6, 6.07) is 0. The average molecular weight is 326 g/mol. The molecular weight excluding hydrogens is 312 g/mol. The van der Waals surface area contributed by atoms with Crippen molar-refractivity contribution in [1.29, 1.82) is 0 Å². The van der Waals surface area contributed by atoms with Crippen LogP contribution < -0.4 is 18.9 Å². The summed E-state index contributed by atoms with van der Waals surface area (Å²) in [7, 11) is -10.7. The number of halogens is 6. The fraction of sp³-hybridized carbons (Fsp3) is 0.750. The fourth-order valence-corrected chi connectivity index (χ4v) is 0.751. The van der Waals surface area contributed by atoms with Crippen LogP contribution >= 0.6 is 7.81 Å². The van der Waals surface area contributed by atoms with E-state index in [4.69, 9.17) is 18.9 Å². The van der Waals surface area contributed by atoms with Gasteiger partial charge in [0.25, 0.3) is 0 Å². The van der Waals surface area contributed by atoms with Gasteiger partial charge in [0.1, 0.15) is 25.7 Å². The Kier molecular flexibility index (Phi) is 9.24. The largest absolute Gasteiger partial charge is 1.00 e. The maximum Gasteiger partial charge on any atom is 1.00 e. The van der Waals surface area contributed by atoms with Gasteiger partial charge in [-0.2, -0.15) is 0 Å². The number of hydrogen-bond acceptors (Lipinski definition) is 4. The molecule has 0 spiro atoms. The molecule has 0 amide bonds. The zero-order valence-corrected chi connectivity index (χ0v) is 11.6.